The average Bonchev–Trinajstić information content (AvgIpc) is 3.40. The molecular weight excluding hydrogens is 392 g/mol. The van der Waals surface area contributed by atoms with E-state index in [1.54, 1.807) is 11.3 Å². The standard InChI is InChI=1S/C23H20N6S/c24-22-18-13-19(30-23(18)27-14-26-22)21-20(16-7-3-1-4-8-16)28-15-29(21)12-11-25-17-9-5-2-6-10-17/h1-10,13-15,25H,11-12H2,(H2,24,26,27). The monoisotopic (exact) mass is 412 g/mol. The molecule has 6 nitrogen and oxygen atoms in total. The Bertz CT molecular complexity index is 1280. The van der Waals surface area contributed by atoms with E-state index < -0.39 is 0 Å². The van der Waals surface area contributed by atoms with E-state index in [0.717, 1.165) is 50.8 Å². The van der Waals surface area contributed by atoms with Gasteiger partial charge in [0.2, 0.25) is 0 Å². The molecule has 0 fully saturated rings. The molecule has 30 heavy (non-hydrogen) atoms. The van der Waals surface area contributed by atoms with E-state index in [-0.39, 0.29) is 0 Å². The minimum Gasteiger partial charge on any atom is -0.383 e. The zero-order valence-electron chi connectivity index (χ0n) is 16.2. The first-order valence-corrected chi connectivity index (χ1v) is 10.5. The normalized spacial score (nSPS) is 11.1. The molecule has 0 atom stereocenters. The quantitative estimate of drug-likeness (QED) is 0.414. The van der Waals surface area contributed by atoms with Gasteiger partial charge < -0.3 is 15.6 Å². The Morgan fingerprint density at radius 3 is 2.47 bits per heavy atom. The molecule has 5 aromatic rings. The van der Waals surface area contributed by atoms with Crippen molar-refractivity contribution in [2.75, 3.05) is 17.6 Å². The largest absolute Gasteiger partial charge is 0.383 e. The maximum Gasteiger partial charge on any atom is 0.135 e. The molecule has 148 valence electrons. The van der Waals surface area contributed by atoms with Gasteiger partial charge in [-0.3, -0.25) is 0 Å². The Labute approximate surface area is 178 Å². The number of nitrogens with two attached hydrogens (primary N) is 1. The molecule has 0 aliphatic heterocycles. The number of anilines is 2. The van der Waals surface area contributed by atoms with Crippen molar-refractivity contribution in [3.05, 3.63) is 79.4 Å². The van der Waals surface area contributed by atoms with Gasteiger partial charge in [0.15, 0.2) is 0 Å². The number of imidazole rings is 1. The van der Waals surface area contributed by atoms with Crippen LogP contribution in [0, 0.1) is 0 Å². The van der Waals surface area contributed by atoms with Crippen LogP contribution < -0.4 is 11.1 Å². The van der Waals surface area contributed by atoms with Crippen LogP contribution in [0.2, 0.25) is 0 Å². The number of nitrogens with zero attached hydrogens (tertiary/aromatic N) is 4. The number of fused-ring (bicyclic) bond motifs is 1. The fourth-order valence-electron chi connectivity index (χ4n) is 3.48. The van der Waals surface area contributed by atoms with Crippen molar-refractivity contribution in [2.45, 2.75) is 6.54 Å². The summed E-state index contributed by atoms with van der Waals surface area (Å²) < 4.78 is 2.19. The predicted molar refractivity (Wildman–Crippen MR) is 123 cm³/mol. The van der Waals surface area contributed by atoms with Crippen molar-refractivity contribution in [1.82, 2.24) is 19.5 Å². The van der Waals surface area contributed by atoms with Gasteiger partial charge in [-0.1, -0.05) is 48.5 Å². The highest BCUT2D eigenvalue weighted by Gasteiger charge is 2.18. The lowest BCUT2D eigenvalue weighted by Crippen LogP contribution is -2.10. The van der Waals surface area contributed by atoms with E-state index in [2.05, 4.69) is 50.2 Å². The molecule has 0 saturated carbocycles. The molecule has 0 unspecified atom stereocenters. The van der Waals surface area contributed by atoms with Crippen molar-refractivity contribution < 1.29 is 0 Å². The van der Waals surface area contributed by atoms with E-state index >= 15 is 0 Å². The lowest BCUT2D eigenvalue weighted by molar-refractivity contribution is 0.734. The third kappa shape index (κ3) is 3.51. The van der Waals surface area contributed by atoms with Gasteiger partial charge in [-0.2, -0.15) is 0 Å². The first-order valence-electron chi connectivity index (χ1n) is 9.69. The van der Waals surface area contributed by atoms with Gasteiger partial charge in [0.1, 0.15) is 17.0 Å². The molecule has 2 aromatic carbocycles. The summed E-state index contributed by atoms with van der Waals surface area (Å²) in [4.78, 5) is 15.2. The zero-order valence-corrected chi connectivity index (χ0v) is 17.0. The van der Waals surface area contributed by atoms with E-state index in [1.165, 1.54) is 6.33 Å². The Kier molecular flexibility index (Phi) is 4.86. The molecule has 0 bridgehead atoms. The lowest BCUT2D eigenvalue weighted by atomic mass is 10.1. The Morgan fingerprint density at radius 1 is 0.933 bits per heavy atom. The number of aromatic nitrogens is 4. The van der Waals surface area contributed by atoms with Gasteiger partial charge in [-0.15, -0.1) is 11.3 Å². The molecule has 0 aliphatic rings. The number of hydrogen-bond donors (Lipinski definition) is 2. The first-order chi connectivity index (χ1) is 14.8. The molecule has 0 radical (unpaired) electrons. The molecule has 0 spiro atoms. The second-order valence-corrected chi connectivity index (χ2v) is 7.91. The van der Waals surface area contributed by atoms with Gasteiger partial charge in [0.05, 0.1) is 28.0 Å². The predicted octanol–water partition coefficient (Wildman–Crippen LogP) is 4.92. The highest BCUT2D eigenvalue weighted by Crippen LogP contribution is 2.38. The zero-order chi connectivity index (χ0) is 20.3. The van der Waals surface area contributed by atoms with Crippen molar-refractivity contribution >= 4 is 33.1 Å². The van der Waals surface area contributed by atoms with E-state index in [1.807, 2.05) is 42.7 Å². The molecule has 0 aliphatic carbocycles. The number of benzene rings is 2. The molecule has 7 heteroatoms. The maximum atomic E-state index is 6.08. The van der Waals surface area contributed by atoms with Gasteiger partial charge in [0, 0.05) is 24.3 Å². The molecule has 3 heterocycles. The summed E-state index contributed by atoms with van der Waals surface area (Å²) in [6, 6.07) is 22.5. The molecule has 0 saturated heterocycles. The van der Waals surface area contributed by atoms with Crippen LogP contribution in [0.5, 0.6) is 0 Å². The van der Waals surface area contributed by atoms with Crippen molar-refractivity contribution in [2.24, 2.45) is 0 Å². The maximum absolute atomic E-state index is 6.08. The second kappa shape index (κ2) is 7.96. The number of rotatable bonds is 6. The summed E-state index contributed by atoms with van der Waals surface area (Å²) in [7, 11) is 0. The van der Waals surface area contributed by atoms with Crippen LogP contribution in [-0.2, 0) is 6.54 Å². The summed E-state index contributed by atoms with van der Waals surface area (Å²) in [5, 5.41) is 4.35. The lowest BCUT2D eigenvalue weighted by Gasteiger charge is -2.11. The van der Waals surface area contributed by atoms with E-state index in [4.69, 9.17) is 10.7 Å². The highest BCUT2D eigenvalue weighted by atomic mass is 32.1. The van der Waals surface area contributed by atoms with Gasteiger partial charge in [0.25, 0.3) is 0 Å². The van der Waals surface area contributed by atoms with Crippen LogP contribution in [0.15, 0.2) is 79.4 Å². The summed E-state index contributed by atoms with van der Waals surface area (Å²) in [6.07, 6.45) is 3.42. The fraction of sp³-hybridized carbons (Fsp3) is 0.0870. The van der Waals surface area contributed by atoms with Crippen LogP contribution in [-0.4, -0.2) is 26.1 Å². The van der Waals surface area contributed by atoms with Crippen LogP contribution in [0.25, 0.3) is 32.0 Å². The minimum absolute atomic E-state index is 0.501. The van der Waals surface area contributed by atoms with Crippen molar-refractivity contribution in [3.63, 3.8) is 0 Å². The smallest absolute Gasteiger partial charge is 0.135 e. The molecular formula is C23H20N6S. The number of hydrogen-bond acceptors (Lipinski definition) is 6. The van der Waals surface area contributed by atoms with Crippen LogP contribution in [0.1, 0.15) is 0 Å². The van der Waals surface area contributed by atoms with Crippen LogP contribution in [0.4, 0.5) is 11.5 Å². The summed E-state index contributed by atoms with van der Waals surface area (Å²) >= 11 is 1.61. The minimum atomic E-state index is 0.501. The topological polar surface area (TPSA) is 81.7 Å². The molecule has 3 aromatic heterocycles. The van der Waals surface area contributed by atoms with Crippen LogP contribution >= 0.6 is 11.3 Å². The summed E-state index contributed by atoms with van der Waals surface area (Å²) in [5.41, 5.74) is 10.3. The Hall–Kier alpha value is -3.71. The second-order valence-electron chi connectivity index (χ2n) is 6.88. The number of nitrogen functional groups attached to an aromatic ring is 1. The third-order valence-electron chi connectivity index (χ3n) is 4.93. The SMILES string of the molecule is Nc1ncnc2sc(-c3c(-c4ccccc4)ncn3CCNc3ccccc3)cc12. The first kappa shape index (κ1) is 18.3. The highest BCUT2D eigenvalue weighted by molar-refractivity contribution is 7.21. The molecule has 5 rings (SSSR count). The fourth-order valence-corrected chi connectivity index (χ4v) is 4.55. The molecule has 0 amide bonds. The van der Waals surface area contributed by atoms with Gasteiger partial charge in [-0.25, -0.2) is 15.0 Å². The summed E-state index contributed by atoms with van der Waals surface area (Å²) in [5.74, 6) is 0.501. The van der Waals surface area contributed by atoms with Crippen LogP contribution in [0.3, 0.4) is 0 Å². The average molecular weight is 413 g/mol. The van der Waals surface area contributed by atoms with E-state index in [9.17, 15) is 0 Å². The Balaban J connectivity index is 1.54. The molecule has 3 N–H and O–H groups in total. The third-order valence-corrected chi connectivity index (χ3v) is 5.98. The van der Waals surface area contributed by atoms with Gasteiger partial charge >= 0.3 is 0 Å². The number of thiophene rings is 1. The Morgan fingerprint density at radius 2 is 1.70 bits per heavy atom. The summed E-state index contributed by atoms with van der Waals surface area (Å²) in [6.45, 7) is 1.56. The van der Waals surface area contributed by atoms with Crippen molar-refractivity contribution in [1.29, 1.82) is 0 Å². The number of nitrogens with one attached hydrogen (secondary N) is 1. The van der Waals surface area contributed by atoms with E-state index in [0.29, 0.717) is 5.82 Å². The van der Waals surface area contributed by atoms with Gasteiger partial charge in [-0.05, 0) is 18.2 Å². The number of para-hydroxylation sites is 1. The van der Waals surface area contributed by atoms with Crippen molar-refractivity contribution in [3.8, 4) is 21.8 Å².